The molecule has 0 saturated carbocycles. The van der Waals surface area contributed by atoms with Crippen LogP contribution in [0.4, 0.5) is 0 Å². The van der Waals surface area contributed by atoms with Gasteiger partial charge in [0.1, 0.15) is 6.61 Å². The van der Waals surface area contributed by atoms with Gasteiger partial charge in [0.15, 0.2) is 0 Å². The predicted octanol–water partition coefficient (Wildman–Crippen LogP) is 2.37. The second kappa shape index (κ2) is 3.50. The highest BCUT2D eigenvalue weighted by Crippen LogP contribution is 2.54. The first kappa shape index (κ1) is 11.0. The van der Waals surface area contributed by atoms with Crippen molar-refractivity contribution < 1.29 is 9.47 Å². The zero-order chi connectivity index (χ0) is 11.1. The Hall–Kier alpha value is -0.520. The molecule has 2 aliphatic heterocycles. The van der Waals surface area contributed by atoms with Crippen LogP contribution in [0.5, 0.6) is 0 Å². The molecule has 0 spiro atoms. The van der Waals surface area contributed by atoms with Crippen LogP contribution in [0.2, 0.25) is 0 Å². The van der Waals surface area contributed by atoms with E-state index in [2.05, 4.69) is 26.7 Å². The van der Waals surface area contributed by atoms with Gasteiger partial charge in [0.25, 0.3) is 0 Å². The van der Waals surface area contributed by atoms with Gasteiger partial charge in [-0.05, 0) is 25.7 Å². The Labute approximate surface area is 92.3 Å². The fourth-order valence-corrected chi connectivity index (χ4v) is 2.95. The van der Waals surface area contributed by atoms with E-state index in [4.69, 9.17) is 15.9 Å². The molecular weight excluding hydrogens is 188 g/mol. The second-order valence-corrected chi connectivity index (χ2v) is 5.34. The third kappa shape index (κ3) is 1.58. The standard InChI is InChI=1S/C13H20O2/c1-5-8-14-11-9-13(10(2)3)7-6-12(11,4)15-13/h1,10-11H,6-9H2,2-4H3/t11-,12+,13-/m0/s1. The summed E-state index contributed by atoms with van der Waals surface area (Å²) in [6, 6.07) is 0. The predicted molar refractivity (Wildman–Crippen MR) is 59.5 cm³/mol. The fraction of sp³-hybridized carbons (Fsp3) is 0.846. The van der Waals surface area contributed by atoms with Gasteiger partial charge < -0.3 is 9.47 Å². The van der Waals surface area contributed by atoms with Gasteiger partial charge in [0.05, 0.1) is 17.3 Å². The molecule has 3 atom stereocenters. The Balaban J connectivity index is 2.10. The van der Waals surface area contributed by atoms with E-state index < -0.39 is 0 Å². The molecule has 2 heterocycles. The molecule has 84 valence electrons. The minimum absolute atomic E-state index is 0.0496. The molecule has 2 nitrogen and oxygen atoms in total. The lowest BCUT2D eigenvalue weighted by atomic mass is 9.75. The molecule has 0 unspecified atom stereocenters. The molecule has 2 saturated heterocycles. The first-order valence-corrected chi connectivity index (χ1v) is 5.78. The molecule has 0 aromatic rings. The Morgan fingerprint density at radius 3 is 2.80 bits per heavy atom. The van der Waals surface area contributed by atoms with Crippen molar-refractivity contribution >= 4 is 0 Å². The molecule has 0 amide bonds. The normalized spacial score (nSPS) is 43.5. The number of hydrogen-bond acceptors (Lipinski definition) is 2. The smallest absolute Gasteiger partial charge is 0.107 e. The summed E-state index contributed by atoms with van der Waals surface area (Å²) in [5, 5.41) is 0. The summed E-state index contributed by atoms with van der Waals surface area (Å²) in [5.74, 6) is 3.09. The quantitative estimate of drug-likeness (QED) is 0.663. The fourth-order valence-electron chi connectivity index (χ4n) is 2.95. The zero-order valence-electron chi connectivity index (χ0n) is 9.88. The largest absolute Gasteiger partial charge is 0.366 e. The summed E-state index contributed by atoms with van der Waals surface area (Å²) >= 11 is 0. The van der Waals surface area contributed by atoms with Gasteiger partial charge in [-0.25, -0.2) is 0 Å². The first-order valence-electron chi connectivity index (χ1n) is 5.78. The van der Waals surface area contributed by atoms with Crippen molar-refractivity contribution in [2.24, 2.45) is 5.92 Å². The maximum atomic E-state index is 6.22. The Bertz CT molecular complexity index is 291. The Morgan fingerprint density at radius 1 is 1.53 bits per heavy atom. The topological polar surface area (TPSA) is 18.5 Å². The summed E-state index contributed by atoms with van der Waals surface area (Å²) in [6.45, 7) is 7.02. The first-order chi connectivity index (χ1) is 7.02. The van der Waals surface area contributed by atoms with E-state index in [-0.39, 0.29) is 17.3 Å². The molecule has 0 radical (unpaired) electrons. The van der Waals surface area contributed by atoms with Crippen LogP contribution in [-0.2, 0) is 9.47 Å². The van der Waals surface area contributed by atoms with Crippen LogP contribution in [0.15, 0.2) is 0 Å². The SMILES string of the molecule is C#CCO[C@H]1C[C@]2(C(C)C)CC[C@@]1(C)O2. The van der Waals surface area contributed by atoms with Crippen LogP contribution in [-0.4, -0.2) is 23.9 Å². The van der Waals surface area contributed by atoms with E-state index in [0.717, 1.165) is 19.3 Å². The van der Waals surface area contributed by atoms with Gasteiger partial charge in [0, 0.05) is 6.42 Å². The number of fused-ring (bicyclic) bond motifs is 2. The number of terminal acetylenes is 1. The molecule has 2 aliphatic rings. The lowest BCUT2D eigenvalue weighted by Crippen LogP contribution is -2.38. The molecule has 0 aromatic carbocycles. The molecule has 2 fully saturated rings. The van der Waals surface area contributed by atoms with Gasteiger partial charge >= 0.3 is 0 Å². The van der Waals surface area contributed by atoms with Crippen LogP contribution in [0.3, 0.4) is 0 Å². The minimum Gasteiger partial charge on any atom is -0.366 e. The van der Waals surface area contributed by atoms with Crippen molar-refractivity contribution in [2.75, 3.05) is 6.61 Å². The Kier molecular flexibility index (Phi) is 2.56. The third-order valence-corrected chi connectivity index (χ3v) is 4.11. The van der Waals surface area contributed by atoms with Gasteiger partial charge in [-0.1, -0.05) is 19.8 Å². The maximum Gasteiger partial charge on any atom is 0.107 e. The molecule has 0 aromatic heterocycles. The monoisotopic (exact) mass is 208 g/mol. The van der Waals surface area contributed by atoms with Crippen LogP contribution < -0.4 is 0 Å². The maximum absolute atomic E-state index is 6.22. The van der Waals surface area contributed by atoms with E-state index in [1.807, 2.05) is 0 Å². The van der Waals surface area contributed by atoms with Gasteiger partial charge in [-0.3, -0.25) is 0 Å². The highest BCUT2D eigenvalue weighted by Gasteiger charge is 2.60. The number of hydrogen-bond donors (Lipinski definition) is 0. The van der Waals surface area contributed by atoms with E-state index in [0.29, 0.717) is 12.5 Å². The van der Waals surface area contributed by atoms with Gasteiger partial charge in [-0.2, -0.15) is 0 Å². The molecule has 15 heavy (non-hydrogen) atoms. The summed E-state index contributed by atoms with van der Waals surface area (Å²) in [6.07, 6.45) is 8.67. The summed E-state index contributed by atoms with van der Waals surface area (Å²) in [4.78, 5) is 0. The van der Waals surface area contributed by atoms with E-state index in [9.17, 15) is 0 Å². The van der Waals surface area contributed by atoms with Gasteiger partial charge in [-0.15, -0.1) is 6.42 Å². The van der Waals surface area contributed by atoms with Gasteiger partial charge in [0.2, 0.25) is 0 Å². The molecular formula is C13H20O2. The van der Waals surface area contributed by atoms with Crippen LogP contribution >= 0.6 is 0 Å². The minimum atomic E-state index is -0.0961. The lowest BCUT2D eigenvalue weighted by Gasteiger charge is -2.31. The summed E-state index contributed by atoms with van der Waals surface area (Å²) in [7, 11) is 0. The number of ether oxygens (including phenoxy) is 2. The summed E-state index contributed by atoms with van der Waals surface area (Å²) < 4.78 is 11.9. The van der Waals surface area contributed by atoms with Crippen molar-refractivity contribution in [3.05, 3.63) is 0 Å². The highest BCUT2D eigenvalue weighted by atomic mass is 16.6. The highest BCUT2D eigenvalue weighted by molar-refractivity contribution is 5.10. The molecule has 0 N–H and O–H groups in total. The van der Waals surface area contributed by atoms with Crippen LogP contribution in [0.25, 0.3) is 0 Å². The summed E-state index contributed by atoms with van der Waals surface area (Å²) in [5.41, 5.74) is -0.0465. The van der Waals surface area contributed by atoms with E-state index in [1.165, 1.54) is 0 Å². The average Bonchev–Trinajstić information content (AvgIpc) is 2.66. The molecule has 2 rings (SSSR count). The molecule has 0 aliphatic carbocycles. The second-order valence-electron chi connectivity index (χ2n) is 5.34. The van der Waals surface area contributed by atoms with E-state index in [1.54, 1.807) is 0 Å². The van der Waals surface area contributed by atoms with Crippen molar-refractivity contribution in [2.45, 2.75) is 57.3 Å². The van der Waals surface area contributed by atoms with Crippen LogP contribution in [0.1, 0.15) is 40.0 Å². The van der Waals surface area contributed by atoms with Crippen molar-refractivity contribution in [1.82, 2.24) is 0 Å². The molecule has 2 heteroatoms. The van der Waals surface area contributed by atoms with E-state index >= 15 is 0 Å². The molecule has 2 bridgehead atoms. The van der Waals surface area contributed by atoms with Crippen molar-refractivity contribution in [1.29, 1.82) is 0 Å². The number of rotatable bonds is 3. The van der Waals surface area contributed by atoms with Crippen molar-refractivity contribution in [3.63, 3.8) is 0 Å². The lowest BCUT2D eigenvalue weighted by molar-refractivity contribution is -0.0893. The Morgan fingerprint density at radius 2 is 2.27 bits per heavy atom. The zero-order valence-corrected chi connectivity index (χ0v) is 9.88. The van der Waals surface area contributed by atoms with Crippen LogP contribution in [0, 0.1) is 18.3 Å². The average molecular weight is 208 g/mol. The third-order valence-electron chi connectivity index (χ3n) is 4.11. The van der Waals surface area contributed by atoms with Crippen molar-refractivity contribution in [3.8, 4) is 12.3 Å².